The first-order valence-corrected chi connectivity index (χ1v) is 9.41. The summed E-state index contributed by atoms with van der Waals surface area (Å²) < 4.78 is 11.7. The number of ether oxygens (including phenoxy) is 2. The molecule has 0 radical (unpaired) electrons. The van der Waals surface area contributed by atoms with E-state index in [-0.39, 0.29) is 17.5 Å². The smallest absolute Gasteiger partial charge is 0.410 e. The van der Waals surface area contributed by atoms with Gasteiger partial charge in [0.2, 0.25) is 0 Å². The van der Waals surface area contributed by atoms with E-state index in [1.54, 1.807) is 4.90 Å². The lowest BCUT2D eigenvalue weighted by Gasteiger charge is -2.39. The summed E-state index contributed by atoms with van der Waals surface area (Å²) in [6, 6.07) is 0. The van der Waals surface area contributed by atoms with Gasteiger partial charge < -0.3 is 14.4 Å². The van der Waals surface area contributed by atoms with Gasteiger partial charge in [-0.05, 0) is 40.5 Å². The Labute approximate surface area is 153 Å². The number of amides is 1. The molecule has 25 heavy (non-hydrogen) atoms. The van der Waals surface area contributed by atoms with Crippen molar-refractivity contribution in [2.45, 2.75) is 92.8 Å². The van der Waals surface area contributed by atoms with Crippen LogP contribution in [0.5, 0.6) is 0 Å². The van der Waals surface area contributed by atoms with E-state index in [1.807, 2.05) is 41.5 Å². The number of likely N-dealkylation sites (tertiary alicyclic amines) is 1. The highest BCUT2D eigenvalue weighted by atomic mass is 16.6. The first-order chi connectivity index (χ1) is 11.2. The second-order valence-electron chi connectivity index (χ2n) is 9.46. The van der Waals surface area contributed by atoms with Gasteiger partial charge >= 0.3 is 12.1 Å². The van der Waals surface area contributed by atoms with Crippen LogP contribution >= 0.6 is 0 Å². The molecule has 0 aliphatic carbocycles. The lowest BCUT2D eigenvalue weighted by molar-refractivity contribution is -0.170. The van der Waals surface area contributed by atoms with Gasteiger partial charge in [-0.1, -0.05) is 34.6 Å². The van der Waals surface area contributed by atoms with E-state index in [0.717, 1.165) is 6.42 Å². The zero-order valence-electron chi connectivity index (χ0n) is 17.6. The van der Waals surface area contributed by atoms with Gasteiger partial charge in [0, 0.05) is 18.4 Å². The van der Waals surface area contributed by atoms with Gasteiger partial charge in [-0.2, -0.15) is 0 Å². The normalized spacial score (nSPS) is 22.0. The van der Waals surface area contributed by atoms with Crippen molar-refractivity contribution in [1.29, 1.82) is 0 Å². The van der Waals surface area contributed by atoms with Gasteiger partial charge in [0.25, 0.3) is 0 Å². The van der Waals surface area contributed by atoms with Gasteiger partial charge in [0.05, 0.1) is 12.0 Å². The zero-order chi connectivity index (χ0) is 19.7. The van der Waals surface area contributed by atoms with Crippen LogP contribution in [-0.2, 0) is 14.3 Å². The monoisotopic (exact) mass is 355 g/mol. The fourth-order valence-corrected chi connectivity index (χ4v) is 2.36. The number of esters is 1. The van der Waals surface area contributed by atoms with Gasteiger partial charge in [-0.3, -0.25) is 4.79 Å². The highest BCUT2D eigenvalue weighted by Gasteiger charge is 2.46. The molecule has 1 atom stereocenters. The van der Waals surface area contributed by atoms with E-state index in [9.17, 15) is 9.59 Å². The first-order valence-electron chi connectivity index (χ1n) is 9.41. The highest BCUT2D eigenvalue weighted by Crippen LogP contribution is 2.36. The van der Waals surface area contributed by atoms with Crippen LogP contribution in [0.15, 0.2) is 0 Å². The summed E-state index contributed by atoms with van der Waals surface area (Å²) in [6.07, 6.45) is 1.73. The predicted molar refractivity (Wildman–Crippen MR) is 99.4 cm³/mol. The molecule has 1 aliphatic rings. The standard InChI is InChI=1S/C20H37NO4/c1-10-18(6,7)15(22)24-20(11-2)12-13-21(14-20)16(23)25-19(8,9)17(3,4)5/h10-14H2,1-9H3. The van der Waals surface area contributed by atoms with Gasteiger partial charge in [-0.15, -0.1) is 0 Å². The predicted octanol–water partition coefficient (Wildman–Crippen LogP) is 4.78. The van der Waals surface area contributed by atoms with Crippen molar-refractivity contribution in [3.63, 3.8) is 0 Å². The summed E-state index contributed by atoms with van der Waals surface area (Å²) in [5.74, 6) is -0.193. The molecule has 0 aromatic rings. The van der Waals surface area contributed by atoms with Crippen LogP contribution in [0, 0.1) is 10.8 Å². The van der Waals surface area contributed by atoms with Crippen LogP contribution in [0.3, 0.4) is 0 Å². The fourth-order valence-electron chi connectivity index (χ4n) is 2.36. The minimum absolute atomic E-state index is 0.165. The number of carbonyl (C=O) groups excluding carboxylic acids is 2. The van der Waals surface area contributed by atoms with E-state index in [4.69, 9.17) is 9.47 Å². The average molecular weight is 356 g/mol. The SMILES string of the molecule is CCC1(OC(=O)C(C)(C)CC)CCN(C(=O)OC(C)(C)C(C)(C)C)C1. The Hall–Kier alpha value is -1.26. The fraction of sp³-hybridized carbons (Fsp3) is 0.900. The molecule has 146 valence electrons. The number of nitrogens with zero attached hydrogens (tertiary/aromatic N) is 1. The third-order valence-electron chi connectivity index (χ3n) is 6.11. The summed E-state index contributed by atoms with van der Waals surface area (Å²) in [5.41, 5.74) is -1.86. The molecule has 1 aliphatic heterocycles. The highest BCUT2D eigenvalue weighted by molar-refractivity contribution is 5.76. The number of hydrogen-bond acceptors (Lipinski definition) is 4. The Morgan fingerprint density at radius 1 is 1.04 bits per heavy atom. The van der Waals surface area contributed by atoms with Crippen LogP contribution in [0.1, 0.15) is 81.6 Å². The van der Waals surface area contributed by atoms with E-state index >= 15 is 0 Å². The third kappa shape index (κ3) is 4.89. The quantitative estimate of drug-likeness (QED) is 0.666. The van der Waals surface area contributed by atoms with Crippen LogP contribution in [0.2, 0.25) is 0 Å². The van der Waals surface area contributed by atoms with Crippen molar-refractivity contribution >= 4 is 12.1 Å². The average Bonchev–Trinajstić information content (AvgIpc) is 2.90. The Kier molecular flexibility index (Phi) is 6.24. The van der Waals surface area contributed by atoms with Crippen molar-refractivity contribution in [2.24, 2.45) is 10.8 Å². The van der Waals surface area contributed by atoms with Crippen molar-refractivity contribution in [3.05, 3.63) is 0 Å². The lowest BCUT2D eigenvalue weighted by atomic mass is 9.79. The molecule has 0 aromatic carbocycles. The Bertz CT molecular complexity index is 504. The molecule has 5 heteroatoms. The van der Waals surface area contributed by atoms with Gasteiger partial charge in [-0.25, -0.2) is 4.79 Å². The molecule has 0 saturated carbocycles. The first kappa shape index (κ1) is 21.8. The third-order valence-corrected chi connectivity index (χ3v) is 6.11. The maximum atomic E-state index is 12.6. The molecule has 1 saturated heterocycles. The van der Waals surface area contributed by atoms with E-state index in [2.05, 4.69) is 20.8 Å². The number of hydrogen-bond donors (Lipinski definition) is 0. The van der Waals surface area contributed by atoms with Crippen LogP contribution in [0.25, 0.3) is 0 Å². The molecule has 0 aromatic heterocycles. The molecule has 0 spiro atoms. The Morgan fingerprint density at radius 3 is 2.04 bits per heavy atom. The number of rotatable bonds is 5. The van der Waals surface area contributed by atoms with Crippen molar-refractivity contribution in [1.82, 2.24) is 4.90 Å². The lowest BCUT2D eigenvalue weighted by Crippen LogP contribution is -2.46. The topological polar surface area (TPSA) is 55.8 Å². The summed E-state index contributed by atoms with van der Waals surface area (Å²) >= 11 is 0. The maximum absolute atomic E-state index is 12.6. The minimum Gasteiger partial charge on any atom is -0.457 e. The molecule has 1 unspecified atom stereocenters. The molecule has 1 amide bonds. The molecular formula is C20H37NO4. The molecule has 1 heterocycles. The Balaban J connectivity index is 2.80. The summed E-state index contributed by atoms with van der Waals surface area (Å²) in [7, 11) is 0. The largest absolute Gasteiger partial charge is 0.457 e. The molecular weight excluding hydrogens is 318 g/mol. The number of carbonyl (C=O) groups is 2. The Morgan fingerprint density at radius 2 is 1.60 bits per heavy atom. The van der Waals surface area contributed by atoms with E-state index < -0.39 is 16.6 Å². The van der Waals surface area contributed by atoms with E-state index in [1.165, 1.54) is 0 Å². The van der Waals surface area contributed by atoms with Gasteiger partial charge in [0.1, 0.15) is 11.2 Å². The van der Waals surface area contributed by atoms with Crippen LogP contribution < -0.4 is 0 Å². The van der Waals surface area contributed by atoms with Crippen molar-refractivity contribution < 1.29 is 19.1 Å². The molecule has 1 fully saturated rings. The summed E-state index contributed by atoms with van der Waals surface area (Å²) in [6.45, 7) is 18.7. The second kappa shape index (κ2) is 7.16. The molecule has 5 nitrogen and oxygen atoms in total. The summed E-state index contributed by atoms with van der Waals surface area (Å²) in [5, 5.41) is 0. The molecule has 0 bridgehead atoms. The second-order valence-corrected chi connectivity index (χ2v) is 9.46. The van der Waals surface area contributed by atoms with Gasteiger partial charge in [0.15, 0.2) is 0 Å². The maximum Gasteiger partial charge on any atom is 0.410 e. The minimum atomic E-state index is -0.603. The van der Waals surface area contributed by atoms with Crippen LogP contribution in [0.4, 0.5) is 4.79 Å². The zero-order valence-corrected chi connectivity index (χ0v) is 17.6. The molecule has 0 N–H and O–H groups in total. The van der Waals surface area contributed by atoms with Crippen LogP contribution in [-0.4, -0.2) is 41.3 Å². The van der Waals surface area contributed by atoms with E-state index in [0.29, 0.717) is 25.9 Å². The summed E-state index contributed by atoms with van der Waals surface area (Å²) in [4.78, 5) is 26.8. The van der Waals surface area contributed by atoms with Crippen molar-refractivity contribution in [2.75, 3.05) is 13.1 Å². The molecule has 1 rings (SSSR count). The van der Waals surface area contributed by atoms with Crippen molar-refractivity contribution in [3.8, 4) is 0 Å².